The number of rotatable bonds is 8. The summed E-state index contributed by atoms with van der Waals surface area (Å²) in [5.41, 5.74) is -1.82. The molecule has 3 unspecified atom stereocenters. The van der Waals surface area contributed by atoms with Crippen LogP contribution in [-0.2, 0) is 33.3 Å². The lowest BCUT2D eigenvalue weighted by molar-refractivity contribution is -0.212. The summed E-state index contributed by atoms with van der Waals surface area (Å²) in [5.74, 6) is -4.27. The van der Waals surface area contributed by atoms with E-state index < -0.39 is 64.9 Å². The number of carbonyl (C=O) groups excluding carboxylic acids is 3. The van der Waals surface area contributed by atoms with Gasteiger partial charge in [-0.15, -0.1) is 5.10 Å². The SMILES string of the molecule is CC(=O)OCC1O[C@H](Sc2cncc(Cl)c2)C(OC(C)=O)C(n2cc(-c3cc(F)c(C#N)c(F)c3)nn2)[C@H]1OC(C)=O. The van der Waals surface area contributed by atoms with Crippen molar-refractivity contribution in [3.8, 4) is 17.3 Å². The molecule has 0 aliphatic carbocycles. The molecule has 0 saturated carbocycles. The van der Waals surface area contributed by atoms with Crippen molar-refractivity contribution in [1.82, 2.24) is 20.0 Å². The first-order chi connectivity index (χ1) is 20.0. The molecule has 1 fully saturated rings. The largest absolute Gasteiger partial charge is 0.463 e. The van der Waals surface area contributed by atoms with Crippen molar-refractivity contribution < 1.29 is 42.1 Å². The summed E-state index contributed by atoms with van der Waals surface area (Å²) in [6.45, 7) is 3.15. The zero-order chi connectivity index (χ0) is 30.6. The number of nitriles is 1. The van der Waals surface area contributed by atoms with Gasteiger partial charge in [0.2, 0.25) is 0 Å². The van der Waals surface area contributed by atoms with E-state index in [1.54, 1.807) is 6.07 Å². The number of ether oxygens (including phenoxy) is 4. The van der Waals surface area contributed by atoms with Crippen LogP contribution in [0.2, 0.25) is 5.02 Å². The second-order valence-electron chi connectivity index (χ2n) is 8.95. The van der Waals surface area contributed by atoms with Gasteiger partial charge in [-0.25, -0.2) is 13.5 Å². The molecule has 0 N–H and O–H groups in total. The Hall–Kier alpha value is -4.13. The molecule has 12 nitrogen and oxygen atoms in total. The van der Waals surface area contributed by atoms with E-state index >= 15 is 0 Å². The molecule has 16 heteroatoms. The highest BCUT2D eigenvalue weighted by atomic mass is 35.5. The summed E-state index contributed by atoms with van der Waals surface area (Å²) < 4.78 is 52.5. The topological polar surface area (TPSA) is 156 Å². The maximum Gasteiger partial charge on any atom is 0.303 e. The third kappa shape index (κ3) is 7.19. The Kier molecular flexibility index (Phi) is 9.71. The minimum Gasteiger partial charge on any atom is -0.463 e. The quantitative estimate of drug-likeness (QED) is 0.266. The Morgan fingerprint density at radius 3 is 2.33 bits per heavy atom. The summed E-state index contributed by atoms with van der Waals surface area (Å²) in [6, 6.07) is 3.75. The van der Waals surface area contributed by atoms with Crippen molar-refractivity contribution in [2.24, 2.45) is 0 Å². The number of benzene rings is 1. The second-order valence-corrected chi connectivity index (χ2v) is 10.6. The van der Waals surface area contributed by atoms with Crippen LogP contribution in [0.4, 0.5) is 8.78 Å². The van der Waals surface area contributed by atoms with Gasteiger partial charge in [0.15, 0.2) is 12.2 Å². The van der Waals surface area contributed by atoms with E-state index in [1.807, 2.05) is 0 Å². The molecule has 0 radical (unpaired) electrons. The molecule has 2 aromatic heterocycles. The summed E-state index contributed by atoms with van der Waals surface area (Å²) in [7, 11) is 0. The lowest BCUT2D eigenvalue weighted by atomic mass is 9.96. The van der Waals surface area contributed by atoms with Crippen LogP contribution in [0.3, 0.4) is 0 Å². The molecule has 1 aliphatic heterocycles. The molecule has 1 aromatic carbocycles. The molecular weight excluding hydrogens is 600 g/mol. The molecule has 42 heavy (non-hydrogen) atoms. The van der Waals surface area contributed by atoms with Crippen molar-refractivity contribution >= 4 is 41.3 Å². The van der Waals surface area contributed by atoms with Crippen molar-refractivity contribution in [3.05, 3.63) is 59.0 Å². The highest BCUT2D eigenvalue weighted by Crippen LogP contribution is 2.41. The van der Waals surface area contributed by atoms with Crippen LogP contribution in [0.1, 0.15) is 32.4 Å². The first kappa shape index (κ1) is 30.8. The van der Waals surface area contributed by atoms with Gasteiger partial charge in [-0.1, -0.05) is 28.6 Å². The zero-order valence-corrected chi connectivity index (χ0v) is 23.8. The van der Waals surface area contributed by atoms with Crippen molar-refractivity contribution in [1.29, 1.82) is 5.26 Å². The first-order valence-corrected chi connectivity index (χ1v) is 13.4. The maximum atomic E-state index is 14.3. The van der Waals surface area contributed by atoms with Gasteiger partial charge in [0.1, 0.15) is 53.1 Å². The maximum absolute atomic E-state index is 14.3. The van der Waals surface area contributed by atoms with Gasteiger partial charge in [0.05, 0.1) is 11.2 Å². The molecule has 4 rings (SSSR count). The Balaban J connectivity index is 1.82. The third-order valence-electron chi connectivity index (χ3n) is 5.87. The number of pyridine rings is 1. The fraction of sp³-hybridized carbons (Fsp3) is 0.346. The van der Waals surface area contributed by atoms with Crippen LogP contribution >= 0.6 is 23.4 Å². The monoisotopic (exact) mass is 621 g/mol. The molecule has 1 saturated heterocycles. The first-order valence-electron chi connectivity index (χ1n) is 12.2. The van der Waals surface area contributed by atoms with Gasteiger partial charge in [-0.3, -0.25) is 19.4 Å². The molecule has 5 atom stereocenters. The molecule has 0 spiro atoms. The fourth-order valence-electron chi connectivity index (χ4n) is 4.25. The van der Waals surface area contributed by atoms with E-state index in [9.17, 15) is 23.2 Å². The number of hydrogen-bond acceptors (Lipinski definition) is 12. The van der Waals surface area contributed by atoms with E-state index in [1.165, 1.54) is 43.2 Å². The Morgan fingerprint density at radius 1 is 1.07 bits per heavy atom. The lowest BCUT2D eigenvalue weighted by Crippen LogP contribution is -2.57. The number of carbonyl (C=O) groups is 3. The van der Waals surface area contributed by atoms with E-state index in [0.29, 0.717) is 9.92 Å². The van der Waals surface area contributed by atoms with Gasteiger partial charge >= 0.3 is 17.9 Å². The van der Waals surface area contributed by atoms with Gasteiger partial charge < -0.3 is 18.9 Å². The summed E-state index contributed by atoms with van der Waals surface area (Å²) in [4.78, 5) is 40.7. The fourth-order valence-corrected chi connectivity index (χ4v) is 5.62. The zero-order valence-electron chi connectivity index (χ0n) is 22.2. The number of thioether (sulfide) groups is 1. The molecule has 0 bridgehead atoms. The predicted molar refractivity (Wildman–Crippen MR) is 141 cm³/mol. The minimum absolute atomic E-state index is 0.00767. The van der Waals surface area contributed by atoms with Crippen LogP contribution in [0.5, 0.6) is 0 Å². The molecule has 3 aromatic rings. The highest BCUT2D eigenvalue weighted by molar-refractivity contribution is 7.99. The van der Waals surface area contributed by atoms with Crippen LogP contribution in [0, 0.1) is 23.0 Å². The van der Waals surface area contributed by atoms with Crippen LogP contribution in [-0.4, -0.2) is 68.2 Å². The lowest BCUT2D eigenvalue weighted by Gasteiger charge is -2.44. The van der Waals surface area contributed by atoms with Gasteiger partial charge in [0.25, 0.3) is 0 Å². The van der Waals surface area contributed by atoms with Crippen molar-refractivity contribution in [2.45, 2.75) is 55.5 Å². The number of nitrogens with zero attached hydrogens (tertiary/aromatic N) is 5. The van der Waals surface area contributed by atoms with Crippen molar-refractivity contribution in [2.75, 3.05) is 6.61 Å². The van der Waals surface area contributed by atoms with Crippen LogP contribution in [0.25, 0.3) is 11.3 Å². The summed E-state index contributed by atoms with van der Waals surface area (Å²) >= 11 is 7.17. The predicted octanol–water partition coefficient (Wildman–Crippen LogP) is 3.63. The van der Waals surface area contributed by atoms with Crippen LogP contribution in [0.15, 0.2) is 41.7 Å². The van der Waals surface area contributed by atoms with Crippen molar-refractivity contribution in [3.63, 3.8) is 0 Å². The molecule has 0 amide bonds. The smallest absolute Gasteiger partial charge is 0.303 e. The number of aromatic nitrogens is 4. The molecule has 1 aliphatic rings. The normalized spacial score (nSPS) is 21.7. The van der Waals surface area contributed by atoms with Gasteiger partial charge in [-0.05, 0) is 18.2 Å². The average Bonchev–Trinajstić information content (AvgIpc) is 3.38. The Bertz CT molecular complexity index is 1530. The minimum atomic E-state index is -1.25. The van der Waals surface area contributed by atoms with Gasteiger partial charge in [0, 0.05) is 43.6 Å². The molecule has 3 heterocycles. The average molecular weight is 622 g/mol. The number of esters is 3. The summed E-state index contributed by atoms with van der Waals surface area (Å²) in [6.07, 6.45) is 0.690. The van der Waals surface area contributed by atoms with E-state index in [-0.39, 0.29) is 17.9 Å². The van der Waals surface area contributed by atoms with E-state index in [2.05, 4.69) is 15.3 Å². The third-order valence-corrected chi connectivity index (χ3v) is 7.18. The van der Waals surface area contributed by atoms with E-state index in [4.69, 9.17) is 35.8 Å². The Morgan fingerprint density at radius 2 is 1.74 bits per heavy atom. The highest BCUT2D eigenvalue weighted by Gasteiger charge is 2.52. The standard InChI is InChI=1S/C26H22ClF2N5O7S/c1-12(35)38-11-22-24(39-13(2)36)23(25(40-14(3)37)26(41-22)42-17-6-16(27)8-31-9-17)34-10-21(32-33-34)15-4-19(28)18(7-30)20(29)5-15/h4-6,8-10,22-26H,11H2,1-3H3/t22?,23?,24-,25?,26+/m0/s1. The summed E-state index contributed by atoms with van der Waals surface area (Å²) in [5, 5.41) is 17.4. The van der Waals surface area contributed by atoms with Crippen LogP contribution < -0.4 is 0 Å². The van der Waals surface area contributed by atoms with Gasteiger partial charge in [-0.2, -0.15) is 5.26 Å². The number of hydrogen-bond donors (Lipinski definition) is 0. The molecular formula is C26H22ClF2N5O7S. The Labute approximate surface area is 246 Å². The second kappa shape index (κ2) is 13.2. The molecule has 220 valence electrons. The van der Waals surface area contributed by atoms with E-state index in [0.717, 1.165) is 30.8 Å². The number of halogens is 3.